The molecule has 106 valence electrons. The molecule has 0 spiro atoms. The van der Waals surface area contributed by atoms with E-state index in [9.17, 15) is 9.59 Å². The van der Waals surface area contributed by atoms with E-state index in [0.29, 0.717) is 0 Å². The van der Waals surface area contributed by atoms with Gasteiger partial charge < -0.3 is 14.2 Å². The Kier molecular flexibility index (Phi) is 5.08. The molecule has 0 heterocycles. The first kappa shape index (κ1) is 15.5. The third-order valence-electron chi connectivity index (χ3n) is 2.25. The van der Waals surface area contributed by atoms with Gasteiger partial charge in [-0.2, -0.15) is 0 Å². The van der Waals surface area contributed by atoms with Gasteiger partial charge in [0.25, 0.3) is 0 Å². The lowest BCUT2D eigenvalue weighted by Crippen LogP contribution is -2.10. The molecule has 0 aromatic heterocycles. The fourth-order valence-corrected chi connectivity index (χ4v) is 1.18. The van der Waals surface area contributed by atoms with E-state index in [4.69, 9.17) is 14.2 Å². The smallest absolute Gasteiger partial charge is 0.338 e. The minimum Gasteiger partial charge on any atom is -0.493 e. The molecule has 0 N–H and O–H groups in total. The third kappa shape index (κ3) is 3.98. The molecule has 5 nitrogen and oxygen atoms in total. The summed E-state index contributed by atoms with van der Waals surface area (Å²) in [5, 5.41) is 0. The van der Waals surface area contributed by atoms with Crippen molar-refractivity contribution in [1.82, 2.24) is 0 Å². The number of carbonyl (C=O) groups excluding carboxylic acids is 2. The SMILES string of the molecule is C=C(C)C(=O)Oc1ccc(OC(=O)C(=C)C)c(OC)c1. The maximum absolute atomic E-state index is 11.5. The topological polar surface area (TPSA) is 61.8 Å². The third-order valence-corrected chi connectivity index (χ3v) is 2.25. The van der Waals surface area contributed by atoms with Crippen molar-refractivity contribution >= 4 is 11.9 Å². The molecule has 0 atom stereocenters. The highest BCUT2D eigenvalue weighted by Crippen LogP contribution is 2.32. The number of methoxy groups -OCH3 is 1. The lowest BCUT2D eigenvalue weighted by atomic mass is 10.3. The Hall–Kier alpha value is -2.56. The number of rotatable bonds is 5. The lowest BCUT2D eigenvalue weighted by Gasteiger charge is -2.11. The average molecular weight is 276 g/mol. The Morgan fingerprint density at radius 3 is 2.00 bits per heavy atom. The van der Waals surface area contributed by atoms with E-state index in [1.807, 2.05) is 0 Å². The molecule has 0 amide bonds. The van der Waals surface area contributed by atoms with Crippen molar-refractivity contribution in [3.8, 4) is 17.2 Å². The largest absolute Gasteiger partial charge is 0.493 e. The van der Waals surface area contributed by atoms with Gasteiger partial charge in [-0.1, -0.05) is 13.2 Å². The number of benzene rings is 1. The van der Waals surface area contributed by atoms with Gasteiger partial charge >= 0.3 is 11.9 Å². The van der Waals surface area contributed by atoms with Gasteiger partial charge in [0.2, 0.25) is 0 Å². The zero-order chi connectivity index (χ0) is 15.3. The van der Waals surface area contributed by atoms with Crippen LogP contribution < -0.4 is 14.2 Å². The molecule has 0 saturated carbocycles. The van der Waals surface area contributed by atoms with Crippen molar-refractivity contribution in [1.29, 1.82) is 0 Å². The first-order chi connectivity index (χ1) is 9.35. The number of ether oxygens (including phenoxy) is 3. The van der Waals surface area contributed by atoms with Crippen LogP contribution in [0.4, 0.5) is 0 Å². The van der Waals surface area contributed by atoms with Crippen LogP contribution in [0.15, 0.2) is 42.5 Å². The van der Waals surface area contributed by atoms with Crippen LogP contribution in [-0.2, 0) is 9.59 Å². The highest BCUT2D eigenvalue weighted by atomic mass is 16.6. The van der Waals surface area contributed by atoms with Gasteiger partial charge in [0.15, 0.2) is 11.5 Å². The highest BCUT2D eigenvalue weighted by Gasteiger charge is 2.13. The first-order valence-electron chi connectivity index (χ1n) is 5.78. The van der Waals surface area contributed by atoms with Crippen molar-refractivity contribution in [3.63, 3.8) is 0 Å². The van der Waals surface area contributed by atoms with E-state index in [0.717, 1.165) is 0 Å². The second-order valence-corrected chi connectivity index (χ2v) is 4.15. The van der Waals surface area contributed by atoms with E-state index >= 15 is 0 Å². The van der Waals surface area contributed by atoms with Gasteiger partial charge in [-0.25, -0.2) is 9.59 Å². The average Bonchev–Trinajstić information content (AvgIpc) is 2.39. The summed E-state index contributed by atoms with van der Waals surface area (Å²) < 4.78 is 15.2. The monoisotopic (exact) mass is 276 g/mol. The molecule has 0 aliphatic carbocycles. The molecule has 20 heavy (non-hydrogen) atoms. The summed E-state index contributed by atoms with van der Waals surface area (Å²) in [5.41, 5.74) is 0.548. The second kappa shape index (κ2) is 6.56. The Labute approximate surface area is 117 Å². The standard InChI is InChI=1S/C15H16O5/c1-9(2)14(16)19-11-6-7-12(13(8-11)18-5)20-15(17)10(3)4/h6-8H,1,3H2,2,4-5H3. The van der Waals surface area contributed by atoms with Crippen LogP contribution in [0.25, 0.3) is 0 Å². The summed E-state index contributed by atoms with van der Waals surface area (Å²) in [7, 11) is 1.41. The molecular weight excluding hydrogens is 260 g/mol. The van der Waals surface area contributed by atoms with E-state index in [1.54, 1.807) is 6.92 Å². The van der Waals surface area contributed by atoms with Crippen molar-refractivity contribution < 1.29 is 23.8 Å². The van der Waals surface area contributed by atoms with Crippen molar-refractivity contribution in [2.75, 3.05) is 7.11 Å². The molecule has 0 saturated heterocycles. The van der Waals surface area contributed by atoms with Gasteiger partial charge in [-0.15, -0.1) is 0 Å². The first-order valence-corrected chi connectivity index (χ1v) is 5.78. The van der Waals surface area contributed by atoms with E-state index in [1.165, 1.54) is 32.2 Å². The maximum Gasteiger partial charge on any atom is 0.338 e. The zero-order valence-electron chi connectivity index (χ0n) is 11.7. The summed E-state index contributed by atoms with van der Waals surface area (Å²) in [6, 6.07) is 4.41. The van der Waals surface area contributed by atoms with Crippen LogP contribution in [0, 0.1) is 0 Å². The highest BCUT2D eigenvalue weighted by molar-refractivity contribution is 5.90. The Morgan fingerprint density at radius 1 is 0.950 bits per heavy atom. The normalized spacial score (nSPS) is 9.55. The Balaban J connectivity index is 2.96. The Morgan fingerprint density at radius 2 is 1.50 bits per heavy atom. The second-order valence-electron chi connectivity index (χ2n) is 4.15. The van der Waals surface area contributed by atoms with Gasteiger partial charge in [0, 0.05) is 17.2 Å². The van der Waals surface area contributed by atoms with Crippen molar-refractivity contribution in [3.05, 3.63) is 42.5 Å². The van der Waals surface area contributed by atoms with Crippen LogP contribution in [0.3, 0.4) is 0 Å². The summed E-state index contributed by atoms with van der Waals surface area (Å²) in [5.74, 6) is -0.346. The predicted octanol–water partition coefficient (Wildman–Crippen LogP) is 2.66. The molecule has 0 aliphatic heterocycles. The van der Waals surface area contributed by atoms with Gasteiger partial charge in [-0.05, 0) is 26.0 Å². The van der Waals surface area contributed by atoms with E-state index in [-0.39, 0.29) is 28.4 Å². The van der Waals surface area contributed by atoms with Crippen LogP contribution in [-0.4, -0.2) is 19.0 Å². The van der Waals surface area contributed by atoms with Crippen molar-refractivity contribution in [2.24, 2.45) is 0 Å². The minimum absolute atomic E-state index is 0.218. The fourth-order valence-electron chi connectivity index (χ4n) is 1.18. The molecule has 1 aromatic rings. The molecule has 1 aromatic carbocycles. The number of carbonyl (C=O) groups is 2. The lowest BCUT2D eigenvalue weighted by molar-refractivity contribution is -0.131. The summed E-state index contributed by atoms with van der Waals surface area (Å²) >= 11 is 0. The minimum atomic E-state index is -0.560. The molecule has 0 unspecified atom stereocenters. The van der Waals surface area contributed by atoms with Gasteiger partial charge in [0.05, 0.1) is 7.11 Å². The molecule has 0 fully saturated rings. The van der Waals surface area contributed by atoms with E-state index < -0.39 is 11.9 Å². The van der Waals surface area contributed by atoms with Crippen molar-refractivity contribution in [2.45, 2.75) is 13.8 Å². The summed E-state index contributed by atoms with van der Waals surface area (Å²) in [6.07, 6.45) is 0. The molecule has 0 radical (unpaired) electrons. The number of esters is 2. The Bertz CT molecular complexity index is 572. The van der Waals surface area contributed by atoms with Gasteiger partial charge in [-0.3, -0.25) is 0 Å². The number of hydrogen-bond donors (Lipinski definition) is 0. The quantitative estimate of drug-likeness (QED) is 0.470. The zero-order valence-corrected chi connectivity index (χ0v) is 11.7. The summed E-state index contributed by atoms with van der Waals surface area (Å²) in [6.45, 7) is 10.1. The maximum atomic E-state index is 11.5. The van der Waals surface area contributed by atoms with Gasteiger partial charge in [0.1, 0.15) is 5.75 Å². The van der Waals surface area contributed by atoms with E-state index in [2.05, 4.69) is 13.2 Å². The molecule has 0 bridgehead atoms. The molecule has 0 aliphatic rings. The molecule has 5 heteroatoms. The molecule has 1 rings (SSSR count). The molecular formula is C15H16O5. The predicted molar refractivity (Wildman–Crippen MR) is 73.9 cm³/mol. The number of hydrogen-bond acceptors (Lipinski definition) is 5. The van der Waals surface area contributed by atoms with Crippen LogP contribution in [0.2, 0.25) is 0 Å². The van der Waals surface area contributed by atoms with Crippen LogP contribution >= 0.6 is 0 Å². The fraction of sp³-hybridized carbons (Fsp3) is 0.200. The summed E-state index contributed by atoms with van der Waals surface area (Å²) in [4.78, 5) is 22.9. The van der Waals surface area contributed by atoms with Crippen LogP contribution in [0.5, 0.6) is 17.2 Å². The van der Waals surface area contributed by atoms with Crippen LogP contribution in [0.1, 0.15) is 13.8 Å².